The number of hydrogen-bond acceptors (Lipinski definition) is 14. The first-order valence-electron chi connectivity index (χ1n) is 28.5. The first kappa shape index (κ1) is 57.2. The number of rotatable bonds is 16. The van der Waals surface area contributed by atoms with Crippen molar-refractivity contribution in [2.75, 3.05) is 83.4 Å². The number of aromatic hydroxyl groups is 1. The van der Waals surface area contributed by atoms with Gasteiger partial charge in [-0.2, -0.15) is 9.97 Å². The first-order valence-corrected chi connectivity index (χ1v) is 29.7. The van der Waals surface area contributed by atoms with Gasteiger partial charge >= 0.3 is 6.01 Å². The maximum absolute atomic E-state index is 17.1. The number of nitrogens with one attached hydrogen (secondary N) is 2. The zero-order chi connectivity index (χ0) is 56.4. The molecule has 0 radical (unpaired) electrons. The number of carbonyl (C=O) groups is 3. The summed E-state index contributed by atoms with van der Waals surface area (Å²) in [6.45, 7) is 19.9. The van der Waals surface area contributed by atoms with Crippen molar-refractivity contribution in [3.05, 3.63) is 94.3 Å². The fourth-order valence-electron chi connectivity index (χ4n) is 12.2. The van der Waals surface area contributed by atoms with Gasteiger partial charge in [-0.1, -0.05) is 80.9 Å². The number of halogens is 2. The molecule has 6 aromatic rings. The summed E-state index contributed by atoms with van der Waals surface area (Å²) in [5, 5.41) is 29.8. The van der Waals surface area contributed by atoms with Crippen LogP contribution in [0.5, 0.6) is 11.8 Å². The maximum atomic E-state index is 17.1. The average molecular weight is 1130 g/mol. The molecule has 0 aliphatic carbocycles. The molecule has 19 heteroatoms. The highest BCUT2D eigenvalue weighted by atomic mass is 35.5. The number of aryl methyl sites for hydroxylation is 1. The Balaban J connectivity index is 0.696. The van der Waals surface area contributed by atoms with E-state index >= 15 is 4.39 Å². The van der Waals surface area contributed by atoms with Crippen LogP contribution in [0.4, 0.5) is 10.2 Å². The fraction of sp³-hybridized carbons (Fsp3) is 0.508. The van der Waals surface area contributed by atoms with Crippen molar-refractivity contribution in [1.82, 2.24) is 45.2 Å². The molecule has 426 valence electrons. The van der Waals surface area contributed by atoms with Gasteiger partial charge in [-0.05, 0) is 123 Å². The predicted octanol–water partition coefficient (Wildman–Crippen LogP) is 8.84. The zero-order valence-corrected chi connectivity index (χ0v) is 48.5. The van der Waals surface area contributed by atoms with E-state index in [9.17, 15) is 24.6 Å². The number of fused-ring (bicyclic) bond motifs is 2. The van der Waals surface area contributed by atoms with Gasteiger partial charge in [0.2, 0.25) is 17.7 Å². The topological polar surface area (TPSA) is 180 Å². The molecular formula is C61H76ClFN10O6S. The SMILES string of the molecule is Cc1ncsc1-c1ccc([C@H](C)NC(=O)[C@@H]2C[C@@H](O)CN2C(=O)[C@@H](NC(=O)CN2CCN(CC3CCN(C[C@@H](C)Oc4nc(N5CCCCC5)c5cc(Cl)c(-c6cc(O)cc7ccccc67)c(F)c5n4)CC3)CC2)C(C)(C)C)cc1. The molecule has 10 rings (SSSR count). The predicted molar refractivity (Wildman–Crippen MR) is 314 cm³/mol. The highest BCUT2D eigenvalue weighted by molar-refractivity contribution is 7.13. The van der Waals surface area contributed by atoms with Crippen LogP contribution in [0, 0.1) is 24.1 Å². The van der Waals surface area contributed by atoms with Crippen LogP contribution < -0.4 is 20.3 Å². The van der Waals surface area contributed by atoms with Crippen LogP contribution in [0.2, 0.25) is 5.02 Å². The number of nitrogens with zero attached hydrogens (tertiary/aromatic N) is 8. The number of hydrogen-bond donors (Lipinski definition) is 4. The van der Waals surface area contributed by atoms with E-state index < -0.39 is 29.4 Å². The lowest BCUT2D eigenvalue weighted by atomic mass is 9.85. The standard InChI is InChI=1S/C61H76ClFN10O6S/c1-37(79-60-67-54-48(57(68-60)72-20-10-7-11-21-72)31-49(62)52(53(54)63)47-29-44(74)28-43-12-8-9-13-46(43)47)32-69-22-18-40(19-23-69)33-70-24-26-71(27-25-70)35-51(76)66-56(61(4,5)6)59(78)73-34-45(75)30-50(73)58(77)65-38(2)41-14-16-42(17-15-41)55-39(3)64-36-80-55/h8-9,12-17,28-29,31,36-38,40,45,50,56,74-75H,7,10-11,18-27,30,32-35H2,1-6H3,(H,65,77)(H,66,76)/t37-,38+,45-,50+,56-/m1/s1. The van der Waals surface area contributed by atoms with E-state index in [1.807, 2.05) is 95.6 Å². The van der Waals surface area contributed by atoms with E-state index in [1.54, 1.807) is 29.5 Å². The molecular weight excluding hydrogens is 1060 g/mol. The second-order valence-corrected chi connectivity index (χ2v) is 24.9. The van der Waals surface area contributed by atoms with Crippen LogP contribution in [0.1, 0.15) is 90.4 Å². The number of carbonyl (C=O) groups excluding carboxylic acids is 3. The molecule has 3 amide bonds. The highest BCUT2D eigenvalue weighted by Gasteiger charge is 2.45. The molecule has 4 aromatic carbocycles. The first-order chi connectivity index (χ1) is 38.4. The number of likely N-dealkylation sites (tertiary alicyclic amines) is 2. The Hall–Kier alpha value is -6.02. The fourth-order valence-corrected chi connectivity index (χ4v) is 13.3. The molecule has 2 aromatic heterocycles. The number of β-amino-alcohol motifs (C(OH)–C–C–N with tert-alkyl or cyclic N) is 1. The van der Waals surface area contributed by atoms with Crippen LogP contribution in [-0.4, -0.2) is 165 Å². The summed E-state index contributed by atoms with van der Waals surface area (Å²) in [5.41, 5.74) is 4.89. The molecule has 16 nitrogen and oxygen atoms in total. The lowest BCUT2D eigenvalue weighted by molar-refractivity contribution is -0.144. The third-order valence-corrected chi connectivity index (χ3v) is 17.8. The molecule has 6 heterocycles. The van der Waals surface area contributed by atoms with Gasteiger partial charge in [0.1, 0.15) is 35.3 Å². The number of phenolic OH excluding ortho intramolecular Hbond substituents is 1. The molecule has 5 atom stereocenters. The Labute approximate surface area is 477 Å². The summed E-state index contributed by atoms with van der Waals surface area (Å²) in [5.74, 6) is -0.395. The molecule has 4 saturated heterocycles. The molecule has 0 saturated carbocycles. The minimum atomic E-state index is -0.903. The van der Waals surface area contributed by atoms with Crippen molar-refractivity contribution in [2.24, 2.45) is 11.3 Å². The van der Waals surface area contributed by atoms with E-state index in [4.69, 9.17) is 26.3 Å². The van der Waals surface area contributed by atoms with Crippen molar-refractivity contribution in [3.63, 3.8) is 0 Å². The number of ether oxygens (including phenoxy) is 1. The number of benzene rings is 4. The van der Waals surface area contributed by atoms with Gasteiger partial charge in [-0.25, -0.2) is 9.37 Å². The number of thiazole rings is 1. The average Bonchev–Trinajstić information content (AvgIpc) is 4.13. The molecule has 80 heavy (non-hydrogen) atoms. The molecule has 0 spiro atoms. The van der Waals surface area contributed by atoms with Gasteiger partial charge in [-0.3, -0.25) is 24.2 Å². The minimum Gasteiger partial charge on any atom is -0.508 e. The van der Waals surface area contributed by atoms with Crippen molar-refractivity contribution >= 4 is 68.2 Å². The van der Waals surface area contributed by atoms with Gasteiger partial charge in [0.25, 0.3) is 0 Å². The molecule has 4 N–H and O–H groups in total. The number of amides is 3. The van der Waals surface area contributed by atoms with Crippen molar-refractivity contribution in [1.29, 1.82) is 0 Å². The van der Waals surface area contributed by atoms with E-state index in [0.717, 1.165) is 123 Å². The maximum Gasteiger partial charge on any atom is 0.319 e. The number of aliphatic hydroxyl groups is 1. The summed E-state index contributed by atoms with van der Waals surface area (Å²) in [6.07, 6.45) is 4.18. The van der Waals surface area contributed by atoms with Crippen LogP contribution in [0.3, 0.4) is 0 Å². The minimum absolute atomic E-state index is 0.0101. The van der Waals surface area contributed by atoms with Gasteiger partial charge in [0, 0.05) is 76.3 Å². The van der Waals surface area contributed by atoms with Crippen molar-refractivity contribution in [2.45, 2.75) is 110 Å². The van der Waals surface area contributed by atoms with Gasteiger partial charge in [0.05, 0.1) is 39.8 Å². The Morgan fingerprint density at radius 1 is 0.875 bits per heavy atom. The second kappa shape index (κ2) is 24.6. The normalized spacial score (nSPS) is 20.3. The molecule has 4 aliphatic rings. The number of piperazine rings is 1. The van der Waals surface area contributed by atoms with Gasteiger partial charge < -0.3 is 40.3 Å². The number of aliphatic hydroxyl groups excluding tert-OH is 1. The summed E-state index contributed by atoms with van der Waals surface area (Å²) >= 11 is 8.53. The Morgan fingerprint density at radius 3 is 2.29 bits per heavy atom. The molecule has 4 fully saturated rings. The largest absolute Gasteiger partial charge is 0.508 e. The third-order valence-electron chi connectivity index (χ3n) is 16.6. The smallest absolute Gasteiger partial charge is 0.319 e. The lowest BCUT2D eigenvalue weighted by Crippen LogP contribution is -2.59. The Kier molecular flexibility index (Phi) is 17.6. The van der Waals surface area contributed by atoms with Gasteiger partial charge in [0.15, 0.2) is 5.82 Å². The van der Waals surface area contributed by atoms with Crippen molar-refractivity contribution in [3.8, 4) is 33.3 Å². The zero-order valence-electron chi connectivity index (χ0n) is 46.9. The summed E-state index contributed by atoms with van der Waals surface area (Å²) in [7, 11) is 0. The monoisotopic (exact) mass is 1130 g/mol. The Bertz CT molecular complexity index is 3190. The van der Waals surface area contributed by atoms with Crippen molar-refractivity contribution < 1.29 is 33.7 Å². The number of anilines is 1. The number of aromatic nitrogens is 3. The number of phenols is 1. The Morgan fingerprint density at radius 2 is 1.59 bits per heavy atom. The van der Waals surface area contributed by atoms with Crippen LogP contribution in [-0.2, 0) is 14.4 Å². The van der Waals surface area contributed by atoms with Gasteiger partial charge in [-0.15, -0.1) is 11.3 Å². The summed E-state index contributed by atoms with van der Waals surface area (Å²) in [6, 6.07) is 18.5. The van der Waals surface area contributed by atoms with Crippen LogP contribution >= 0.6 is 22.9 Å². The molecule has 0 unspecified atom stereocenters. The third kappa shape index (κ3) is 13.0. The number of piperidine rings is 2. The summed E-state index contributed by atoms with van der Waals surface area (Å²) < 4.78 is 23.5. The lowest BCUT2D eigenvalue weighted by Gasteiger charge is -2.39. The highest BCUT2D eigenvalue weighted by Crippen LogP contribution is 2.43. The van der Waals surface area contributed by atoms with E-state index in [1.165, 1.54) is 4.90 Å². The van der Waals surface area contributed by atoms with Crippen LogP contribution in [0.25, 0.3) is 43.2 Å². The van der Waals surface area contributed by atoms with E-state index in [2.05, 4.69) is 35.2 Å². The van der Waals surface area contributed by atoms with E-state index in [0.29, 0.717) is 29.2 Å². The second-order valence-electron chi connectivity index (χ2n) is 23.7. The van der Waals surface area contributed by atoms with E-state index in [-0.39, 0.29) is 77.2 Å². The molecule has 0 bridgehead atoms. The quantitative estimate of drug-likeness (QED) is 0.0723. The molecule has 4 aliphatic heterocycles. The van der Waals surface area contributed by atoms with Crippen LogP contribution in [0.15, 0.2) is 72.2 Å². The summed E-state index contributed by atoms with van der Waals surface area (Å²) in [4.78, 5) is 67.7.